The van der Waals surface area contributed by atoms with E-state index in [0.29, 0.717) is 31.8 Å². The van der Waals surface area contributed by atoms with E-state index in [1.165, 1.54) is 0 Å². The lowest BCUT2D eigenvalue weighted by atomic mass is 9.99. The van der Waals surface area contributed by atoms with Gasteiger partial charge in [-0.1, -0.05) is 12.1 Å². The molecule has 1 aliphatic heterocycles. The molecule has 182 valence electrons. The molecule has 0 aliphatic carbocycles. The molecule has 1 aromatic carbocycles. The van der Waals surface area contributed by atoms with Crippen LogP contribution in [0.15, 0.2) is 24.3 Å². The number of carbonyl (C=O) groups excluding carboxylic acids is 1. The van der Waals surface area contributed by atoms with E-state index in [0.717, 1.165) is 58.6 Å². The summed E-state index contributed by atoms with van der Waals surface area (Å²) in [7, 11) is 5.13. The van der Waals surface area contributed by atoms with E-state index in [-0.39, 0.29) is 12.0 Å². The average molecular weight is 467 g/mol. The first kappa shape index (κ1) is 24.0. The third-order valence-electron chi connectivity index (χ3n) is 6.61. The highest BCUT2D eigenvalue weighted by Gasteiger charge is 2.24. The van der Waals surface area contributed by atoms with Crippen LogP contribution in [0.3, 0.4) is 0 Å². The van der Waals surface area contributed by atoms with Crippen LogP contribution in [0.25, 0.3) is 11.0 Å². The first-order valence-corrected chi connectivity index (χ1v) is 11.8. The number of rotatable bonds is 9. The largest absolute Gasteiger partial charge is 0.497 e. The lowest BCUT2D eigenvalue weighted by Crippen LogP contribution is -2.37. The van der Waals surface area contributed by atoms with Crippen LogP contribution < -0.4 is 9.47 Å². The Balaban J connectivity index is 1.54. The van der Waals surface area contributed by atoms with E-state index in [9.17, 15) is 4.79 Å². The minimum absolute atomic E-state index is 0.0932. The minimum atomic E-state index is 0.0932. The Labute approximate surface area is 200 Å². The van der Waals surface area contributed by atoms with E-state index < -0.39 is 0 Å². The molecular weight excluding hydrogens is 432 g/mol. The Morgan fingerprint density at radius 1 is 1.26 bits per heavy atom. The Morgan fingerprint density at radius 3 is 2.79 bits per heavy atom. The maximum Gasteiger partial charge on any atom is 0.242 e. The number of methoxy groups -OCH3 is 2. The van der Waals surface area contributed by atoms with E-state index in [1.54, 1.807) is 18.9 Å². The number of ether oxygens (including phenoxy) is 3. The van der Waals surface area contributed by atoms with Gasteiger partial charge < -0.3 is 19.1 Å². The predicted molar refractivity (Wildman–Crippen MR) is 130 cm³/mol. The molecule has 8 heteroatoms. The number of aromatic nitrogens is 3. The third-order valence-corrected chi connectivity index (χ3v) is 6.61. The summed E-state index contributed by atoms with van der Waals surface area (Å²) in [5, 5.41) is 5.33. The van der Waals surface area contributed by atoms with Crippen molar-refractivity contribution in [3.05, 3.63) is 46.6 Å². The zero-order chi connectivity index (χ0) is 24.2. The minimum Gasteiger partial charge on any atom is -0.497 e. The third kappa shape index (κ3) is 5.01. The van der Waals surface area contributed by atoms with Gasteiger partial charge in [-0.05, 0) is 61.9 Å². The SMILES string of the molecule is COc1cccc(CN(CC2CCCO2)C(=O)CCc2c(C)nc3c(c(OC)nn3C)c2C)c1. The van der Waals surface area contributed by atoms with Gasteiger partial charge in [0.05, 0.1) is 25.7 Å². The molecule has 8 nitrogen and oxygen atoms in total. The quantitative estimate of drug-likeness (QED) is 0.478. The summed E-state index contributed by atoms with van der Waals surface area (Å²) in [6, 6.07) is 7.88. The first-order valence-electron chi connectivity index (χ1n) is 11.8. The second kappa shape index (κ2) is 10.4. The zero-order valence-corrected chi connectivity index (χ0v) is 20.8. The van der Waals surface area contributed by atoms with Gasteiger partial charge in [0.15, 0.2) is 5.65 Å². The number of aryl methyl sites for hydroxylation is 3. The van der Waals surface area contributed by atoms with E-state index >= 15 is 0 Å². The standard InChI is InChI=1S/C26H34N4O4/c1-17-22(18(2)27-25-24(17)26(33-5)28-29(25)3)11-12-23(31)30(16-21-10-7-13-34-21)15-19-8-6-9-20(14-19)32-4/h6,8-9,14,21H,7,10-13,15-16H2,1-5H3. The van der Waals surface area contributed by atoms with Gasteiger partial charge in [-0.15, -0.1) is 5.10 Å². The summed E-state index contributed by atoms with van der Waals surface area (Å²) < 4.78 is 18.4. The normalized spacial score (nSPS) is 15.6. The van der Waals surface area contributed by atoms with Crippen LogP contribution in [0, 0.1) is 13.8 Å². The number of hydrogen-bond donors (Lipinski definition) is 0. The molecule has 1 unspecified atom stereocenters. The van der Waals surface area contributed by atoms with E-state index in [1.807, 2.05) is 43.1 Å². The molecule has 0 spiro atoms. The fourth-order valence-electron chi connectivity index (χ4n) is 4.78. The Morgan fingerprint density at radius 2 is 2.09 bits per heavy atom. The van der Waals surface area contributed by atoms with Crippen LogP contribution in [0.2, 0.25) is 0 Å². The van der Waals surface area contributed by atoms with Gasteiger partial charge in [-0.3, -0.25) is 4.79 Å². The van der Waals surface area contributed by atoms with Crippen molar-refractivity contribution in [3.8, 4) is 11.6 Å². The van der Waals surface area contributed by atoms with Gasteiger partial charge in [0, 0.05) is 38.9 Å². The van der Waals surface area contributed by atoms with Gasteiger partial charge in [0.25, 0.3) is 0 Å². The molecule has 1 aliphatic rings. The summed E-state index contributed by atoms with van der Waals surface area (Å²) in [6.45, 7) is 5.94. The molecule has 4 rings (SSSR count). The van der Waals surface area contributed by atoms with Gasteiger partial charge >= 0.3 is 0 Å². The molecule has 1 saturated heterocycles. The molecule has 0 radical (unpaired) electrons. The summed E-state index contributed by atoms with van der Waals surface area (Å²) >= 11 is 0. The lowest BCUT2D eigenvalue weighted by molar-refractivity contribution is -0.133. The number of pyridine rings is 1. The fraction of sp³-hybridized carbons (Fsp3) is 0.500. The molecular formula is C26H34N4O4. The Kier molecular flexibility index (Phi) is 7.36. The van der Waals surface area contributed by atoms with Gasteiger partial charge in [-0.25, -0.2) is 9.67 Å². The molecule has 1 atom stereocenters. The first-order chi connectivity index (χ1) is 16.4. The Hall–Kier alpha value is -3.13. The molecule has 34 heavy (non-hydrogen) atoms. The van der Waals surface area contributed by atoms with Gasteiger partial charge in [0.1, 0.15) is 5.75 Å². The molecule has 0 bridgehead atoms. The van der Waals surface area contributed by atoms with Gasteiger partial charge in [0.2, 0.25) is 11.8 Å². The van der Waals surface area contributed by atoms with Crippen molar-refractivity contribution in [2.45, 2.75) is 52.2 Å². The summed E-state index contributed by atoms with van der Waals surface area (Å²) in [4.78, 5) is 20.1. The monoisotopic (exact) mass is 466 g/mol. The lowest BCUT2D eigenvalue weighted by Gasteiger charge is -2.26. The summed E-state index contributed by atoms with van der Waals surface area (Å²) in [6.07, 6.45) is 3.13. The predicted octanol–water partition coefficient (Wildman–Crippen LogP) is 3.74. The van der Waals surface area contributed by atoms with Crippen molar-refractivity contribution < 1.29 is 19.0 Å². The Bertz CT molecular complexity index is 1170. The van der Waals surface area contributed by atoms with Crippen molar-refractivity contribution >= 4 is 16.9 Å². The van der Waals surface area contributed by atoms with Crippen LogP contribution in [0.1, 0.15) is 41.6 Å². The number of fused-ring (bicyclic) bond motifs is 1. The van der Waals surface area contributed by atoms with E-state index in [4.69, 9.17) is 19.2 Å². The van der Waals surface area contributed by atoms with Crippen LogP contribution in [-0.4, -0.2) is 59.0 Å². The highest BCUT2D eigenvalue weighted by Crippen LogP contribution is 2.30. The molecule has 0 N–H and O–H groups in total. The van der Waals surface area contributed by atoms with Crippen molar-refractivity contribution in [2.24, 2.45) is 7.05 Å². The summed E-state index contributed by atoms with van der Waals surface area (Å²) in [5.74, 6) is 1.46. The van der Waals surface area contributed by atoms with Crippen molar-refractivity contribution in [1.29, 1.82) is 0 Å². The molecule has 1 amide bonds. The average Bonchev–Trinajstić information content (AvgIpc) is 3.46. The highest BCUT2D eigenvalue weighted by atomic mass is 16.5. The smallest absolute Gasteiger partial charge is 0.242 e. The number of amides is 1. The fourth-order valence-corrected chi connectivity index (χ4v) is 4.78. The highest BCUT2D eigenvalue weighted by molar-refractivity contribution is 5.86. The van der Waals surface area contributed by atoms with Gasteiger partial charge in [-0.2, -0.15) is 0 Å². The van der Waals surface area contributed by atoms with Crippen LogP contribution in [-0.2, 0) is 29.5 Å². The van der Waals surface area contributed by atoms with Crippen LogP contribution >= 0.6 is 0 Å². The van der Waals surface area contributed by atoms with Crippen LogP contribution in [0.5, 0.6) is 11.6 Å². The van der Waals surface area contributed by atoms with E-state index in [2.05, 4.69) is 12.0 Å². The van der Waals surface area contributed by atoms with Crippen LogP contribution in [0.4, 0.5) is 0 Å². The second-order valence-corrected chi connectivity index (χ2v) is 8.89. The number of nitrogens with zero attached hydrogens (tertiary/aromatic N) is 4. The molecule has 3 heterocycles. The number of carbonyl (C=O) groups is 1. The molecule has 2 aromatic heterocycles. The second-order valence-electron chi connectivity index (χ2n) is 8.89. The molecule has 0 saturated carbocycles. The van der Waals surface area contributed by atoms with Crippen molar-refractivity contribution in [3.63, 3.8) is 0 Å². The van der Waals surface area contributed by atoms with Crippen molar-refractivity contribution in [2.75, 3.05) is 27.4 Å². The van der Waals surface area contributed by atoms with Crippen molar-refractivity contribution in [1.82, 2.24) is 19.7 Å². The maximum absolute atomic E-state index is 13.5. The summed E-state index contributed by atoms with van der Waals surface area (Å²) in [5.41, 5.74) is 4.90. The molecule has 1 fully saturated rings. The molecule has 3 aromatic rings. The zero-order valence-electron chi connectivity index (χ0n) is 20.8. The number of benzene rings is 1. The number of hydrogen-bond acceptors (Lipinski definition) is 6. The maximum atomic E-state index is 13.5. The topological polar surface area (TPSA) is 78.7 Å².